The summed E-state index contributed by atoms with van der Waals surface area (Å²) in [6.45, 7) is 0. The number of alkyl halides is 3. The molecule has 0 radical (unpaired) electrons. The van der Waals surface area contributed by atoms with Crippen molar-refractivity contribution in [3.8, 4) is 0 Å². The molecule has 0 aliphatic rings. The molecular weight excluding hydrogens is 249 g/mol. The monoisotopic (exact) mass is 254 g/mol. The van der Waals surface area contributed by atoms with Crippen LogP contribution in [0.3, 0.4) is 0 Å². The van der Waals surface area contributed by atoms with Crippen LogP contribution in [0.2, 0.25) is 5.02 Å². The number of rotatable bonds is 2. The first-order valence-corrected chi connectivity index (χ1v) is 4.77. The summed E-state index contributed by atoms with van der Waals surface area (Å²) in [6, 6.07) is 4.49. The molecule has 4 heteroatoms. The van der Waals surface area contributed by atoms with Gasteiger partial charge in [0, 0.05) is 15.9 Å². The molecule has 0 heterocycles. The fraction of sp³-hybridized carbons (Fsp3) is 0.250. The van der Waals surface area contributed by atoms with Crippen molar-refractivity contribution in [2.75, 3.05) is 0 Å². The van der Waals surface area contributed by atoms with E-state index in [-0.39, 0.29) is 5.56 Å². The van der Waals surface area contributed by atoms with E-state index in [1.54, 1.807) is 12.1 Å². The van der Waals surface area contributed by atoms with Crippen molar-refractivity contribution in [2.45, 2.75) is 11.8 Å². The molecule has 1 rings (SSSR count). The summed E-state index contributed by atoms with van der Waals surface area (Å²) >= 11 is 8.69. The molecular formula is C8H6BrClF2. The van der Waals surface area contributed by atoms with Crippen LogP contribution in [-0.4, -0.2) is 0 Å². The van der Waals surface area contributed by atoms with E-state index in [1.165, 1.54) is 6.07 Å². The van der Waals surface area contributed by atoms with Crippen LogP contribution in [0.5, 0.6) is 0 Å². The molecule has 0 amide bonds. The maximum absolute atomic E-state index is 12.3. The van der Waals surface area contributed by atoms with Gasteiger partial charge < -0.3 is 0 Å². The van der Waals surface area contributed by atoms with Crippen molar-refractivity contribution in [3.63, 3.8) is 0 Å². The summed E-state index contributed by atoms with van der Waals surface area (Å²) in [5, 5.41) is 0.763. The average molecular weight is 255 g/mol. The molecule has 1 aromatic rings. The highest BCUT2D eigenvalue weighted by molar-refractivity contribution is 9.08. The molecule has 0 aliphatic carbocycles. The lowest BCUT2D eigenvalue weighted by atomic mass is 10.1. The van der Waals surface area contributed by atoms with Gasteiger partial charge in [0.2, 0.25) is 0 Å². The van der Waals surface area contributed by atoms with Gasteiger partial charge in [-0.25, -0.2) is 8.78 Å². The largest absolute Gasteiger partial charge is 0.264 e. The fourth-order valence-corrected chi connectivity index (χ4v) is 1.58. The van der Waals surface area contributed by atoms with Crippen LogP contribution in [0.4, 0.5) is 8.78 Å². The predicted octanol–water partition coefficient (Wildman–Crippen LogP) is 4.17. The lowest BCUT2D eigenvalue weighted by Crippen LogP contribution is -1.91. The first-order valence-electron chi connectivity index (χ1n) is 3.27. The van der Waals surface area contributed by atoms with E-state index < -0.39 is 6.43 Å². The van der Waals surface area contributed by atoms with E-state index >= 15 is 0 Å². The van der Waals surface area contributed by atoms with Gasteiger partial charge in [0.15, 0.2) is 0 Å². The molecule has 1 aromatic carbocycles. The topological polar surface area (TPSA) is 0 Å². The number of hydrogen-bond acceptors (Lipinski definition) is 0. The average Bonchev–Trinajstić information content (AvgIpc) is 2.04. The van der Waals surface area contributed by atoms with Crippen molar-refractivity contribution in [2.24, 2.45) is 0 Å². The lowest BCUT2D eigenvalue weighted by Gasteiger charge is -2.05. The Balaban J connectivity index is 3.12. The highest BCUT2D eigenvalue weighted by atomic mass is 79.9. The molecule has 0 unspecified atom stereocenters. The molecule has 0 aromatic heterocycles. The Bertz CT molecular complexity index is 276. The summed E-state index contributed by atoms with van der Waals surface area (Å²) < 4.78 is 24.6. The second-order valence-corrected chi connectivity index (χ2v) is 3.27. The third kappa shape index (κ3) is 2.17. The zero-order valence-corrected chi connectivity index (χ0v) is 8.37. The zero-order chi connectivity index (χ0) is 9.14. The number of halogens is 4. The van der Waals surface area contributed by atoms with Crippen molar-refractivity contribution in [1.29, 1.82) is 0 Å². The van der Waals surface area contributed by atoms with Crippen molar-refractivity contribution < 1.29 is 8.78 Å². The summed E-state index contributed by atoms with van der Waals surface area (Å²) in [6.07, 6.45) is -2.46. The Morgan fingerprint density at radius 1 is 1.42 bits per heavy atom. The third-order valence-electron chi connectivity index (χ3n) is 1.49. The van der Waals surface area contributed by atoms with Gasteiger partial charge >= 0.3 is 0 Å². The Morgan fingerprint density at radius 3 is 2.58 bits per heavy atom. The first-order chi connectivity index (χ1) is 5.65. The normalized spacial score (nSPS) is 10.8. The van der Waals surface area contributed by atoms with E-state index in [0.29, 0.717) is 15.9 Å². The predicted molar refractivity (Wildman–Crippen MR) is 49.0 cm³/mol. The summed E-state index contributed by atoms with van der Waals surface area (Å²) in [5.74, 6) is 0. The Hall–Kier alpha value is -0.150. The maximum atomic E-state index is 12.3. The fourth-order valence-electron chi connectivity index (χ4n) is 0.891. The van der Waals surface area contributed by atoms with Gasteiger partial charge in [0.05, 0.1) is 0 Å². The Kier molecular flexibility index (Phi) is 3.47. The van der Waals surface area contributed by atoms with Gasteiger partial charge in [0.1, 0.15) is 0 Å². The molecule has 0 spiro atoms. The smallest absolute Gasteiger partial charge is 0.205 e. The van der Waals surface area contributed by atoms with Crippen molar-refractivity contribution >= 4 is 27.5 Å². The Morgan fingerprint density at radius 2 is 2.08 bits per heavy atom. The summed E-state index contributed by atoms with van der Waals surface area (Å²) in [4.78, 5) is 0. The maximum Gasteiger partial charge on any atom is 0.264 e. The summed E-state index contributed by atoms with van der Waals surface area (Å²) in [7, 11) is 0. The lowest BCUT2D eigenvalue weighted by molar-refractivity contribution is 0.150. The van der Waals surface area contributed by atoms with E-state index in [4.69, 9.17) is 11.6 Å². The van der Waals surface area contributed by atoms with E-state index in [0.717, 1.165) is 0 Å². The minimum absolute atomic E-state index is 0.000579. The van der Waals surface area contributed by atoms with Gasteiger partial charge in [-0.3, -0.25) is 0 Å². The van der Waals surface area contributed by atoms with Crippen LogP contribution in [0, 0.1) is 0 Å². The van der Waals surface area contributed by atoms with Crippen LogP contribution in [-0.2, 0) is 5.33 Å². The van der Waals surface area contributed by atoms with Gasteiger partial charge in [0.25, 0.3) is 6.43 Å². The van der Waals surface area contributed by atoms with Gasteiger partial charge in [-0.1, -0.05) is 33.6 Å². The molecule has 0 nitrogen and oxygen atoms in total. The highest BCUT2D eigenvalue weighted by Crippen LogP contribution is 2.27. The highest BCUT2D eigenvalue weighted by Gasteiger charge is 2.11. The second kappa shape index (κ2) is 4.19. The van der Waals surface area contributed by atoms with Gasteiger partial charge in [-0.05, 0) is 17.7 Å². The minimum Gasteiger partial charge on any atom is -0.205 e. The molecule has 66 valence electrons. The van der Waals surface area contributed by atoms with Crippen LogP contribution in [0.15, 0.2) is 18.2 Å². The first kappa shape index (κ1) is 9.93. The molecule has 0 aliphatic heterocycles. The minimum atomic E-state index is -2.46. The second-order valence-electron chi connectivity index (χ2n) is 2.28. The van der Waals surface area contributed by atoms with Crippen LogP contribution in [0.1, 0.15) is 17.6 Å². The molecule has 0 N–H and O–H groups in total. The van der Waals surface area contributed by atoms with E-state index in [1.807, 2.05) is 0 Å². The van der Waals surface area contributed by atoms with Crippen LogP contribution < -0.4 is 0 Å². The van der Waals surface area contributed by atoms with Crippen LogP contribution in [0.25, 0.3) is 0 Å². The molecule has 0 bridgehead atoms. The quantitative estimate of drug-likeness (QED) is 0.696. The molecule has 0 saturated carbocycles. The van der Waals surface area contributed by atoms with E-state index in [9.17, 15) is 8.78 Å². The number of benzene rings is 1. The van der Waals surface area contributed by atoms with Crippen molar-refractivity contribution in [3.05, 3.63) is 34.3 Å². The molecule has 0 fully saturated rings. The SMILES string of the molecule is FC(F)c1cc(Cl)ccc1CBr. The Labute approximate surface area is 82.7 Å². The van der Waals surface area contributed by atoms with Crippen LogP contribution >= 0.6 is 27.5 Å². The summed E-state index contributed by atoms with van der Waals surface area (Å²) in [5.41, 5.74) is 0.578. The molecule has 0 saturated heterocycles. The zero-order valence-electron chi connectivity index (χ0n) is 6.03. The van der Waals surface area contributed by atoms with Crippen molar-refractivity contribution in [1.82, 2.24) is 0 Å². The van der Waals surface area contributed by atoms with Gasteiger partial charge in [-0.15, -0.1) is 0 Å². The number of hydrogen-bond donors (Lipinski definition) is 0. The molecule has 12 heavy (non-hydrogen) atoms. The molecule has 0 atom stereocenters. The standard InChI is InChI=1S/C8H6BrClF2/c9-4-5-1-2-6(10)3-7(5)8(11)12/h1-3,8H,4H2. The third-order valence-corrected chi connectivity index (χ3v) is 2.33. The van der Waals surface area contributed by atoms with Gasteiger partial charge in [-0.2, -0.15) is 0 Å². The van der Waals surface area contributed by atoms with E-state index in [2.05, 4.69) is 15.9 Å².